The second-order valence-electron chi connectivity index (χ2n) is 6.44. The number of rotatable bonds is 4. The van der Waals surface area contributed by atoms with Crippen molar-refractivity contribution >= 4 is 5.91 Å². The van der Waals surface area contributed by atoms with E-state index in [1.165, 1.54) is 10.5 Å². The minimum atomic E-state index is -0.230. The standard InChI is InChI=1S/C18H23NO3/c1-18(2,3)14-7-5-13(6-8-14)15-9-10-16(22-15)17(21)19(4)11-12-20/h5-10,20H,11-12H2,1-4H3. The Bertz CT molecular complexity index is 635. The van der Waals surface area contributed by atoms with E-state index in [0.717, 1.165) is 5.56 Å². The largest absolute Gasteiger partial charge is 0.451 e. The molecule has 22 heavy (non-hydrogen) atoms. The van der Waals surface area contributed by atoms with Gasteiger partial charge in [0, 0.05) is 19.2 Å². The molecule has 0 saturated carbocycles. The Labute approximate surface area is 131 Å². The maximum Gasteiger partial charge on any atom is 0.289 e. The first-order valence-corrected chi connectivity index (χ1v) is 7.40. The lowest BCUT2D eigenvalue weighted by molar-refractivity contribution is 0.0736. The monoisotopic (exact) mass is 301 g/mol. The van der Waals surface area contributed by atoms with Gasteiger partial charge in [-0.1, -0.05) is 45.0 Å². The highest BCUT2D eigenvalue weighted by Crippen LogP contribution is 2.27. The van der Waals surface area contributed by atoms with Gasteiger partial charge < -0.3 is 14.4 Å². The fourth-order valence-corrected chi connectivity index (χ4v) is 2.18. The number of carbonyl (C=O) groups is 1. The Hall–Kier alpha value is -2.07. The minimum absolute atomic E-state index is 0.0654. The maximum absolute atomic E-state index is 12.1. The number of aliphatic hydroxyl groups is 1. The van der Waals surface area contributed by atoms with Gasteiger partial charge in [0.1, 0.15) is 5.76 Å². The van der Waals surface area contributed by atoms with Crippen molar-refractivity contribution in [3.63, 3.8) is 0 Å². The van der Waals surface area contributed by atoms with Gasteiger partial charge in [0.2, 0.25) is 0 Å². The molecule has 4 heteroatoms. The molecule has 118 valence electrons. The van der Waals surface area contributed by atoms with Crippen LogP contribution in [0.15, 0.2) is 40.8 Å². The van der Waals surface area contributed by atoms with Crippen molar-refractivity contribution in [3.8, 4) is 11.3 Å². The van der Waals surface area contributed by atoms with Crippen LogP contribution in [0.2, 0.25) is 0 Å². The van der Waals surface area contributed by atoms with Crippen molar-refractivity contribution in [2.45, 2.75) is 26.2 Å². The van der Waals surface area contributed by atoms with E-state index < -0.39 is 0 Å². The van der Waals surface area contributed by atoms with Gasteiger partial charge in [0.05, 0.1) is 6.61 Å². The second kappa shape index (κ2) is 6.36. The van der Waals surface area contributed by atoms with Crippen molar-refractivity contribution in [3.05, 3.63) is 47.7 Å². The third-order valence-electron chi connectivity index (χ3n) is 3.63. The molecule has 0 spiro atoms. The first kappa shape index (κ1) is 16.3. The highest BCUT2D eigenvalue weighted by molar-refractivity contribution is 5.91. The van der Waals surface area contributed by atoms with Crippen LogP contribution in [0.1, 0.15) is 36.9 Å². The zero-order valence-electron chi connectivity index (χ0n) is 13.6. The van der Waals surface area contributed by atoms with E-state index in [2.05, 4.69) is 32.9 Å². The summed E-state index contributed by atoms with van der Waals surface area (Å²) in [5.41, 5.74) is 2.30. The van der Waals surface area contributed by atoms with Crippen LogP contribution in [0.5, 0.6) is 0 Å². The second-order valence-corrected chi connectivity index (χ2v) is 6.44. The molecular formula is C18H23NO3. The topological polar surface area (TPSA) is 53.7 Å². The van der Waals surface area contributed by atoms with Crippen LogP contribution in [0.25, 0.3) is 11.3 Å². The summed E-state index contributed by atoms with van der Waals surface area (Å²) in [5.74, 6) is 0.721. The molecule has 1 heterocycles. The first-order valence-electron chi connectivity index (χ1n) is 7.40. The highest BCUT2D eigenvalue weighted by atomic mass is 16.4. The molecule has 0 unspecified atom stereocenters. The fraction of sp³-hybridized carbons (Fsp3) is 0.389. The molecule has 0 aliphatic heterocycles. The number of carbonyl (C=O) groups excluding carboxylic acids is 1. The van der Waals surface area contributed by atoms with Crippen molar-refractivity contribution in [2.75, 3.05) is 20.2 Å². The van der Waals surface area contributed by atoms with Gasteiger partial charge in [-0.15, -0.1) is 0 Å². The van der Waals surface area contributed by atoms with Crippen LogP contribution in [0, 0.1) is 0 Å². The zero-order chi connectivity index (χ0) is 16.3. The van der Waals surface area contributed by atoms with Crippen LogP contribution >= 0.6 is 0 Å². The number of furan rings is 1. The van der Waals surface area contributed by atoms with Crippen molar-refractivity contribution < 1.29 is 14.3 Å². The molecule has 0 radical (unpaired) electrons. The van der Waals surface area contributed by atoms with Crippen molar-refractivity contribution in [1.29, 1.82) is 0 Å². The lowest BCUT2D eigenvalue weighted by atomic mass is 9.86. The predicted octanol–water partition coefficient (Wildman–Crippen LogP) is 3.31. The molecule has 0 atom stereocenters. The Kier molecular flexibility index (Phi) is 4.71. The Morgan fingerprint density at radius 1 is 1.14 bits per heavy atom. The summed E-state index contributed by atoms with van der Waals surface area (Å²) in [6.07, 6.45) is 0. The molecule has 2 rings (SSSR count). The number of benzene rings is 1. The van der Waals surface area contributed by atoms with E-state index in [-0.39, 0.29) is 30.2 Å². The molecule has 0 saturated heterocycles. The van der Waals surface area contributed by atoms with Crippen LogP contribution in [-0.4, -0.2) is 36.1 Å². The van der Waals surface area contributed by atoms with E-state index in [9.17, 15) is 4.79 Å². The average molecular weight is 301 g/mol. The highest BCUT2D eigenvalue weighted by Gasteiger charge is 2.17. The lowest BCUT2D eigenvalue weighted by Crippen LogP contribution is -2.29. The van der Waals surface area contributed by atoms with E-state index in [1.807, 2.05) is 12.1 Å². The van der Waals surface area contributed by atoms with Crippen molar-refractivity contribution in [2.24, 2.45) is 0 Å². The number of likely N-dealkylation sites (N-methyl/N-ethyl adjacent to an activating group) is 1. The molecule has 0 aliphatic carbocycles. The molecule has 1 aromatic heterocycles. The molecular weight excluding hydrogens is 278 g/mol. The molecule has 1 aromatic carbocycles. The summed E-state index contributed by atoms with van der Waals surface area (Å²) < 4.78 is 5.65. The van der Waals surface area contributed by atoms with E-state index in [4.69, 9.17) is 9.52 Å². The number of hydrogen-bond donors (Lipinski definition) is 1. The quantitative estimate of drug-likeness (QED) is 0.942. The van der Waals surface area contributed by atoms with Crippen LogP contribution in [-0.2, 0) is 5.41 Å². The Balaban J connectivity index is 2.19. The summed E-state index contributed by atoms with van der Waals surface area (Å²) in [5, 5.41) is 8.88. The molecule has 0 aliphatic rings. The SMILES string of the molecule is CN(CCO)C(=O)c1ccc(-c2ccc(C(C)(C)C)cc2)o1. The van der Waals surface area contributed by atoms with Gasteiger partial charge in [0.15, 0.2) is 5.76 Å². The van der Waals surface area contributed by atoms with Gasteiger partial charge in [-0.2, -0.15) is 0 Å². The fourth-order valence-electron chi connectivity index (χ4n) is 2.18. The lowest BCUT2D eigenvalue weighted by Gasteiger charge is -2.18. The number of hydrogen-bond acceptors (Lipinski definition) is 3. The summed E-state index contributed by atoms with van der Waals surface area (Å²) >= 11 is 0. The summed E-state index contributed by atoms with van der Waals surface area (Å²) in [7, 11) is 1.64. The first-order chi connectivity index (χ1) is 10.3. The van der Waals surface area contributed by atoms with Crippen LogP contribution in [0.4, 0.5) is 0 Å². The molecule has 4 nitrogen and oxygen atoms in total. The van der Waals surface area contributed by atoms with Gasteiger partial charge >= 0.3 is 0 Å². The molecule has 1 N–H and O–H groups in total. The third-order valence-corrected chi connectivity index (χ3v) is 3.63. The number of amides is 1. The zero-order valence-corrected chi connectivity index (χ0v) is 13.6. The molecule has 1 amide bonds. The van der Waals surface area contributed by atoms with E-state index in [1.54, 1.807) is 19.2 Å². The smallest absolute Gasteiger partial charge is 0.289 e. The molecule has 0 fully saturated rings. The Morgan fingerprint density at radius 3 is 2.32 bits per heavy atom. The van der Waals surface area contributed by atoms with Crippen LogP contribution in [0.3, 0.4) is 0 Å². The number of aliphatic hydroxyl groups excluding tert-OH is 1. The molecule has 0 bridgehead atoms. The third kappa shape index (κ3) is 3.57. The van der Waals surface area contributed by atoms with E-state index >= 15 is 0 Å². The average Bonchev–Trinajstić information content (AvgIpc) is 2.95. The van der Waals surface area contributed by atoms with Gasteiger partial charge in [-0.05, 0) is 23.1 Å². The maximum atomic E-state index is 12.1. The van der Waals surface area contributed by atoms with Gasteiger partial charge in [0.25, 0.3) is 5.91 Å². The predicted molar refractivity (Wildman–Crippen MR) is 86.9 cm³/mol. The van der Waals surface area contributed by atoms with Gasteiger partial charge in [-0.25, -0.2) is 0 Å². The number of nitrogens with zero attached hydrogens (tertiary/aromatic N) is 1. The van der Waals surface area contributed by atoms with Crippen molar-refractivity contribution in [1.82, 2.24) is 4.90 Å². The van der Waals surface area contributed by atoms with Crippen LogP contribution < -0.4 is 0 Å². The summed E-state index contributed by atoms with van der Waals surface area (Å²) in [6.45, 7) is 6.73. The summed E-state index contributed by atoms with van der Waals surface area (Å²) in [6, 6.07) is 11.6. The van der Waals surface area contributed by atoms with Gasteiger partial charge in [-0.3, -0.25) is 4.79 Å². The molecule has 2 aromatic rings. The summed E-state index contributed by atoms with van der Waals surface area (Å²) in [4.78, 5) is 13.5. The normalized spacial score (nSPS) is 11.5. The Morgan fingerprint density at radius 2 is 1.77 bits per heavy atom. The van der Waals surface area contributed by atoms with E-state index in [0.29, 0.717) is 5.76 Å². The minimum Gasteiger partial charge on any atom is -0.451 e.